The number of nitrogens with one attached hydrogen (secondary N) is 1. The second-order valence-electron chi connectivity index (χ2n) is 8.30. The number of amides is 1. The molecule has 0 radical (unpaired) electrons. The molecule has 3 rings (SSSR count). The van der Waals surface area contributed by atoms with Crippen LogP contribution in [0.15, 0.2) is 17.5 Å². The zero-order valence-electron chi connectivity index (χ0n) is 17.5. The van der Waals surface area contributed by atoms with Crippen LogP contribution in [0.5, 0.6) is 0 Å². The van der Waals surface area contributed by atoms with Crippen molar-refractivity contribution in [2.24, 2.45) is 5.92 Å². The molecule has 2 aliphatic heterocycles. The lowest BCUT2D eigenvalue weighted by Gasteiger charge is -2.36. The van der Waals surface area contributed by atoms with Crippen LogP contribution in [-0.4, -0.2) is 73.6 Å². The van der Waals surface area contributed by atoms with Crippen molar-refractivity contribution in [3.63, 3.8) is 0 Å². The largest absolute Gasteiger partial charge is 0.347 e. The summed E-state index contributed by atoms with van der Waals surface area (Å²) in [5, 5.41) is 5.18. The predicted octanol–water partition coefficient (Wildman–Crippen LogP) is 2.30. The lowest BCUT2D eigenvalue weighted by Crippen LogP contribution is -2.54. The summed E-state index contributed by atoms with van der Waals surface area (Å²) >= 11 is 1.66. The molecule has 2 saturated heterocycles. The molecule has 1 atom stereocenters. The number of piperazine rings is 1. The maximum Gasteiger partial charge on any atom is 0.282 e. The van der Waals surface area contributed by atoms with E-state index in [0.29, 0.717) is 51.7 Å². The van der Waals surface area contributed by atoms with Crippen LogP contribution in [-0.2, 0) is 15.0 Å². The summed E-state index contributed by atoms with van der Waals surface area (Å²) in [5.74, 6) is 0.314. The molecule has 1 aromatic rings. The molecule has 0 saturated carbocycles. The third-order valence-corrected chi connectivity index (χ3v) is 8.74. The second kappa shape index (κ2) is 10.3. The third kappa shape index (κ3) is 6.01. The van der Waals surface area contributed by atoms with Gasteiger partial charge in [0, 0.05) is 44.1 Å². The molecule has 0 aliphatic carbocycles. The second-order valence-corrected chi connectivity index (χ2v) is 11.2. The van der Waals surface area contributed by atoms with Gasteiger partial charge in [0.25, 0.3) is 10.2 Å². The Morgan fingerprint density at radius 2 is 1.66 bits per heavy atom. The number of thiophene rings is 1. The predicted molar refractivity (Wildman–Crippen MR) is 117 cm³/mol. The van der Waals surface area contributed by atoms with Gasteiger partial charge in [-0.3, -0.25) is 9.69 Å². The highest BCUT2D eigenvalue weighted by atomic mass is 32.2. The highest BCUT2D eigenvalue weighted by Gasteiger charge is 2.33. The quantitative estimate of drug-likeness (QED) is 0.703. The van der Waals surface area contributed by atoms with Gasteiger partial charge in [0.1, 0.15) is 0 Å². The topological polar surface area (TPSA) is 73.0 Å². The summed E-state index contributed by atoms with van der Waals surface area (Å²) < 4.78 is 29.1. The van der Waals surface area contributed by atoms with Crippen molar-refractivity contribution in [3.05, 3.63) is 22.4 Å². The van der Waals surface area contributed by atoms with E-state index in [4.69, 9.17) is 0 Å². The molecule has 9 heteroatoms. The van der Waals surface area contributed by atoms with E-state index in [2.05, 4.69) is 30.1 Å². The van der Waals surface area contributed by atoms with E-state index < -0.39 is 10.2 Å². The fourth-order valence-corrected chi connectivity index (χ4v) is 6.63. The maximum absolute atomic E-state index is 12.9. The van der Waals surface area contributed by atoms with Crippen molar-refractivity contribution in [2.75, 3.05) is 45.8 Å². The van der Waals surface area contributed by atoms with Gasteiger partial charge in [0.15, 0.2) is 0 Å². The minimum absolute atomic E-state index is 0.000857. The molecule has 29 heavy (non-hydrogen) atoms. The molecule has 1 amide bonds. The Labute approximate surface area is 179 Å². The molecule has 164 valence electrons. The van der Waals surface area contributed by atoms with Crippen molar-refractivity contribution in [1.82, 2.24) is 18.8 Å². The van der Waals surface area contributed by atoms with Crippen LogP contribution in [0, 0.1) is 5.92 Å². The zero-order valence-corrected chi connectivity index (χ0v) is 19.2. The number of carbonyl (C=O) groups excluding carboxylic acids is 1. The summed E-state index contributed by atoms with van der Waals surface area (Å²) in [4.78, 5) is 15.8. The van der Waals surface area contributed by atoms with E-state index in [1.807, 2.05) is 11.4 Å². The maximum atomic E-state index is 12.9. The van der Waals surface area contributed by atoms with Crippen molar-refractivity contribution in [2.45, 2.75) is 45.6 Å². The van der Waals surface area contributed by atoms with Crippen LogP contribution in [0.4, 0.5) is 0 Å². The van der Waals surface area contributed by atoms with Gasteiger partial charge in [-0.15, -0.1) is 11.3 Å². The zero-order chi connectivity index (χ0) is 20.9. The normalized spacial score (nSPS) is 21.8. The Morgan fingerprint density at radius 1 is 1.03 bits per heavy atom. The molecular weight excluding hydrogens is 408 g/mol. The SMILES string of the molecule is CC(C)C(NC(=O)CN1CCN(S(=O)(=O)N2CCCCCC2)CC1)c1cccs1. The Balaban J connectivity index is 1.49. The number of hydrogen-bond acceptors (Lipinski definition) is 5. The molecule has 3 heterocycles. The van der Waals surface area contributed by atoms with Crippen LogP contribution in [0.25, 0.3) is 0 Å². The standard InChI is InChI=1S/C20H34N4O3S2/c1-17(2)20(18-8-7-15-28-18)21-19(25)16-22-11-13-24(14-12-22)29(26,27)23-9-5-3-4-6-10-23/h7-8,15,17,20H,3-6,9-14,16H2,1-2H3,(H,21,25). The van der Waals surface area contributed by atoms with Crippen LogP contribution in [0.1, 0.15) is 50.4 Å². The molecule has 1 unspecified atom stereocenters. The average molecular weight is 443 g/mol. The molecule has 7 nitrogen and oxygen atoms in total. The fourth-order valence-electron chi connectivity index (χ4n) is 4.01. The minimum atomic E-state index is -3.38. The third-order valence-electron chi connectivity index (χ3n) is 5.75. The van der Waals surface area contributed by atoms with Crippen molar-refractivity contribution >= 4 is 27.5 Å². The van der Waals surface area contributed by atoms with Crippen LogP contribution in [0.3, 0.4) is 0 Å². The van der Waals surface area contributed by atoms with Crippen molar-refractivity contribution < 1.29 is 13.2 Å². The first kappa shape index (κ1) is 22.7. The molecule has 2 aliphatic rings. The summed E-state index contributed by atoms with van der Waals surface area (Å²) in [6, 6.07) is 4.08. The summed E-state index contributed by atoms with van der Waals surface area (Å²) in [7, 11) is -3.38. The molecule has 1 aromatic heterocycles. The van der Waals surface area contributed by atoms with Gasteiger partial charge < -0.3 is 5.32 Å². The highest BCUT2D eigenvalue weighted by molar-refractivity contribution is 7.86. The van der Waals surface area contributed by atoms with Gasteiger partial charge >= 0.3 is 0 Å². The number of hydrogen-bond donors (Lipinski definition) is 1. The van der Waals surface area contributed by atoms with E-state index in [0.717, 1.165) is 25.7 Å². The van der Waals surface area contributed by atoms with Gasteiger partial charge in [-0.1, -0.05) is 32.8 Å². The first-order chi connectivity index (χ1) is 13.9. The molecule has 2 fully saturated rings. The Bertz CT molecular complexity index is 736. The lowest BCUT2D eigenvalue weighted by atomic mass is 10.0. The van der Waals surface area contributed by atoms with Gasteiger partial charge in [0.05, 0.1) is 12.6 Å². The van der Waals surface area contributed by atoms with Crippen LogP contribution < -0.4 is 5.32 Å². The van der Waals surface area contributed by atoms with Crippen molar-refractivity contribution in [3.8, 4) is 0 Å². The van der Waals surface area contributed by atoms with E-state index in [9.17, 15) is 13.2 Å². The summed E-state index contributed by atoms with van der Waals surface area (Å²) in [6.07, 6.45) is 4.11. The van der Waals surface area contributed by atoms with Crippen molar-refractivity contribution in [1.29, 1.82) is 0 Å². The summed E-state index contributed by atoms with van der Waals surface area (Å²) in [5.41, 5.74) is 0. The molecule has 0 bridgehead atoms. The lowest BCUT2D eigenvalue weighted by molar-refractivity contribution is -0.123. The number of carbonyl (C=O) groups is 1. The first-order valence-electron chi connectivity index (χ1n) is 10.7. The van der Waals surface area contributed by atoms with E-state index >= 15 is 0 Å². The fraction of sp³-hybridized carbons (Fsp3) is 0.750. The van der Waals surface area contributed by atoms with Gasteiger partial charge in [-0.2, -0.15) is 17.0 Å². The Kier molecular flexibility index (Phi) is 8.09. The van der Waals surface area contributed by atoms with Gasteiger partial charge in [-0.05, 0) is 30.2 Å². The molecule has 1 N–H and O–H groups in total. The van der Waals surface area contributed by atoms with E-state index in [1.54, 1.807) is 19.9 Å². The van der Waals surface area contributed by atoms with Crippen LogP contribution >= 0.6 is 11.3 Å². The van der Waals surface area contributed by atoms with E-state index in [-0.39, 0.29) is 11.9 Å². The highest BCUT2D eigenvalue weighted by Crippen LogP contribution is 2.25. The van der Waals surface area contributed by atoms with Gasteiger partial charge in [-0.25, -0.2) is 0 Å². The Morgan fingerprint density at radius 3 is 2.21 bits per heavy atom. The Hall–Kier alpha value is -1.00. The average Bonchev–Trinajstić information content (AvgIpc) is 3.07. The van der Waals surface area contributed by atoms with E-state index in [1.165, 1.54) is 4.88 Å². The first-order valence-corrected chi connectivity index (χ1v) is 13.0. The number of rotatable bonds is 7. The summed E-state index contributed by atoms with van der Waals surface area (Å²) in [6.45, 7) is 7.86. The molecule has 0 aromatic carbocycles. The van der Waals surface area contributed by atoms with Gasteiger partial charge in [0.2, 0.25) is 5.91 Å². The number of nitrogens with zero attached hydrogens (tertiary/aromatic N) is 3. The minimum Gasteiger partial charge on any atom is -0.347 e. The van der Waals surface area contributed by atoms with Crippen LogP contribution in [0.2, 0.25) is 0 Å². The smallest absolute Gasteiger partial charge is 0.282 e. The molecule has 0 spiro atoms. The monoisotopic (exact) mass is 442 g/mol. The molecular formula is C20H34N4O3S2.